The first kappa shape index (κ1) is 18.1. The molecule has 1 amide bonds. The van der Waals surface area contributed by atoms with E-state index in [-0.39, 0.29) is 24.3 Å². The van der Waals surface area contributed by atoms with Crippen LogP contribution in [0.2, 0.25) is 0 Å². The lowest BCUT2D eigenvalue weighted by Crippen LogP contribution is -2.32. The van der Waals surface area contributed by atoms with E-state index in [1.54, 1.807) is 6.20 Å². The molecule has 0 aliphatic heterocycles. The predicted molar refractivity (Wildman–Crippen MR) is 95.7 cm³/mol. The fourth-order valence-corrected chi connectivity index (χ4v) is 2.87. The number of rotatable bonds is 8. The van der Waals surface area contributed by atoms with Gasteiger partial charge in [-0.1, -0.05) is 37.3 Å². The average molecular weight is 326 g/mol. The van der Waals surface area contributed by atoms with E-state index in [0.29, 0.717) is 19.4 Å². The van der Waals surface area contributed by atoms with E-state index in [4.69, 9.17) is 0 Å². The Labute approximate surface area is 143 Å². The van der Waals surface area contributed by atoms with Crippen molar-refractivity contribution in [2.24, 2.45) is 5.92 Å². The summed E-state index contributed by atoms with van der Waals surface area (Å²) in [5, 5.41) is 12.5. The lowest BCUT2D eigenvalue weighted by molar-refractivity contribution is -0.121. The summed E-state index contributed by atoms with van der Waals surface area (Å²) in [6.45, 7) is 4.63. The number of pyridine rings is 1. The van der Waals surface area contributed by atoms with Crippen LogP contribution in [0.15, 0.2) is 48.7 Å². The van der Waals surface area contributed by atoms with Gasteiger partial charge in [0.1, 0.15) is 0 Å². The van der Waals surface area contributed by atoms with Gasteiger partial charge >= 0.3 is 0 Å². The van der Waals surface area contributed by atoms with Crippen molar-refractivity contribution in [1.29, 1.82) is 0 Å². The summed E-state index contributed by atoms with van der Waals surface area (Å²) in [4.78, 5) is 16.5. The molecule has 24 heavy (non-hydrogen) atoms. The fraction of sp³-hybridized carbons (Fsp3) is 0.400. The van der Waals surface area contributed by atoms with Crippen molar-refractivity contribution in [3.63, 3.8) is 0 Å². The molecule has 0 spiro atoms. The molecule has 0 fully saturated rings. The van der Waals surface area contributed by atoms with Gasteiger partial charge in [-0.3, -0.25) is 9.78 Å². The van der Waals surface area contributed by atoms with E-state index in [1.807, 2.05) is 30.3 Å². The van der Waals surface area contributed by atoms with Gasteiger partial charge in [0.15, 0.2) is 0 Å². The van der Waals surface area contributed by atoms with Crippen molar-refractivity contribution in [3.05, 3.63) is 65.5 Å². The van der Waals surface area contributed by atoms with Crippen LogP contribution in [0.5, 0.6) is 0 Å². The van der Waals surface area contributed by atoms with Crippen LogP contribution < -0.4 is 5.32 Å². The minimum atomic E-state index is -0.0161. The molecule has 4 heteroatoms. The number of aromatic nitrogens is 1. The maximum atomic E-state index is 12.2. The van der Waals surface area contributed by atoms with Gasteiger partial charge in [0, 0.05) is 37.4 Å². The second-order valence-corrected chi connectivity index (χ2v) is 6.34. The Balaban J connectivity index is 1.82. The summed E-state index contributed by atoms with van der Waals surface area (Å²) >= 11 is 0. The van der Waals surface area contributed by atoms with Crippen LogP contribution >= 0.6 is 0 Å². The monoisotopic (exact) mass is 326 g/mol. The number of amides is 1. The molecule has 2 unspecified atom stereocenters. The maximum Gasteiger partial charge on any atom is 0.220 e. The first-order valence-electron chi connectivity index (χ1n) is 8.43. The summed E-state index contributed by atoms with van der Waals surface area (Å²) in [5.74, 6) is 0.178. The normalized spacial score (nSPS) is 13.3. The number of carbonyl (C=O) groups excluding carboxylic acids is 1. The molecule has 2 rings (SSSR count). The van der Waals surface area contributed by atoms with Gasteiger partial charge in [-0.15, -0.1) is 0 Å². The van der Waals surface area contributed by atoms with Crippen molar-refractivity contribution in [1.82, 2.24) is 10.3 Å². The molecule has 0 radical (unpaired) electrons. The second-order valence-electron chi connectivity index (χ2n) is 6.34. The van der Waals surface area contributed by atoms with Crippen LogP contribution in [0.1, 0.15) is 36.1 Å². The smallest absolute Gasteiger partial charge is 0.220 e. The van der Waals surface area contributed by atoms with Gasteiger partial charge in [-0.05, 0) is 42.5 Å². The molecule has 1 aromatic carbocycles. The molecule has 2 atom stereocenters. The highest BCUT2D eigenvalue weighted by molar-refractivity contribution is 5.76. The summed E-state index contributed by atoms with van der Waals surface area (Å²) in [7, 11) is 0. The van der Waals surface area contributed by atoms with E-state index < -0.39 is 0 Å². The molecule has 0 saturated heterocycles. The third-order valence-corrected chi connectivity index (χ3v) is 4.28. The van der Waals surface area contributed by atoms with Crippen LogP contribution in [-0.4, -0.2) is 29.1 Å². The van der Waals surface area contributed by atoms with Crippen LogP contribution in [0.25, 0.3) is 0 Å². The molecular formula is C20H26N2O2. The molecule has 4 nitrogen and oxygen atoms in total. The molecule has 2 N–H and O–H groups in total. The third-order valence-electron chi connectivity index (χ3n) is 4.28. The molecule has 1 aromatic heterocycles. The largest absolute Gasteiger partial charge is 0.396 e. The fourth-order valence-electron chi connectivity index (χ4n) is 2.87. The predicted octanol–water partition coefficient (Wildman–Crippen LogP) is 2.85. The topological polar surface area (TPSA) is 62.2 Å². The standard InChI is InChI=1S/C20H26N2O2/c1-15-7-3-4-9-19(15)16(2)11-20(24)22-13-17(14-23)12-18-8-5-6-10-21-18/h3-10,16-17,23H,11-14H2,1-2H3,(H,22,24). The van der Waals surface area contributed by atoms with E-state index in [2.05, 4.69) is 36.3 Å². The molecule has 0 aliphatic carbocycles. The molecule has 0 aliphatic rings. The number of benzene rings is 1. The van der Waals surface area contributed by atoms with Gasteiger partial charge in [0.2, 0.25) is 5.91 Å². The number of aliphatic hydroxyl groups excluding tert-OH is 1. The lowest BCUT2D eigenvalue weighted by atomic mass is 9.93. The Bertz CT molecular complexity index is 643. The van der Waals surface area contributed by atoms with E-state index in [9.17, 15) is 9.90 Å². The minimum absolute atomic E-state index is 0.0161. The number of nitrogens with one attached hydrogen (secondary N) is 1. The Kier molecular flexibility index (Phi) is 6.94. The van der Waals surface area contributed by atoms with E-state index in [1.165, 1.54) is 11.1 Å². The molecule has 1 heterocycles. The first-order chi connectivity index (χ1) is 11.6. The number of carbonyl (C=O) groups is 1. The number of hydrogen-bond acceptors (Lipinski definition) is 3. The quantitative estimate of drug-likeness (QED) is 0.784. The molecule has 2 aromatic rings. The SMILES string of the molecule is Cc1ccccc1C(C)CC(=O)NCC(CO)Cc1ccccn1. The van der Waals surface area contributed by atoms with Crippen molar-refractivity contribution in [2.75, 3.05) is 13.2 Å². The number of hydrogen-bond donors (Lipinski definition) is 2. The van der Waals surface area contributed by atoms with Crippen LogP contribution in [0.4, 0.5) is 0 Å². The van der Waals surface area contributed by atoms with Crippen LogP contribution in [-0.2, 0) is 11.2 Å². The van der Waals surface area contributed by atoms with Crippen LogP contribution in [0.3, 0.4) is 0 Å². The van der Waals surface area contributed by atoms with E-state index in [0.717, 1.165) is 5.69 Å². The van der Waals surface area contributed by atoms with E-state index >= 15 is 0 Å². The molecule has 0 bridgehead atoms. The third kappa shape index (κ3) is 5.46. The van der Waals surface area contributed by atoms with Crippen molar-refractivity contribution in [3.8, 4) is 0 Å². The molecular weight excluding hydrogens is 300 g/mol. The van der Waals surface area contributed by atoms with Crippen molar-refractivity contribution in [2.45, 2.75) is 32.6 Å². The minimum Gasteiger partial charge on any atom is -0.396 e. The Morgan fingerprint density at radius 1 is 1.21 bits per heavy atom. The Morgan fingerprint density at radius 2 is 1.96 bits per heavy atom. The summed E-state index contributed by atoms with van der Waals surface area (Å²) in [6, 6.07) is 13.9. The average Bonchev–Trinajstić information content (AvgIpc) is 2.59. The number of aliphatic hydroxyl groups is 1. The zero-order valence-corrected chi connectivity index (χ0v) is 14.4. The van der Waals surface area contributed by atoms with Gasteiger partial charge in [0.05, 0.1) is 0 Å². The Morgan fingerprint density at radius 3 is 2.62 bits per heavy atom. The highest BCUT2D eigenvalue weighted by Crippen LogP contribution is 2.22. The summed E-state index contributed by atoms with van der Waals surface area (Å²) in [5.41, 5.74) is 3.35. The zero-order chi connectivity index (χ0) is 17.4. The lowest BCUT2D eigenvalue weighted by Gasteiger charge is -2.17. The van der Waals surface area contributed by atoms with Gasteiger partial charge in [0.25, 0.3) is 0 Å². The number of aryl methyl sites for hydroxylation is 1. The zero-order valence-electron chi connectivity index (χ0n) is 14.4. The van der Waals surface area contributed by atoms with Gasteiger partial charge in [-0.25, -0.2) is 0 Å². The molecule has 0 saturated carbocycles. The second kappa shape index (κ2) is 9.18. The van der Waals surface area contributed by atoms with Crippen LogP contribution in [0, 0.1) is 12.8 Å². The van der Waals surface area contributed by atoms with Gasteiger partial charge in [-0.2, -0.15) is 0 Å². The Hall–Kier alpha value is -2.20. The molecule has 128 valence electrons. The maximum absolute atomic E-state index is 12.2. The van der Waals surface area contributed by atoms with Crippen molar-refractivity contribution < 1.29 is 9.90 Å². The summed E-state index contributed by atoms with van der Waals surface area (Å²) < 4.78 is 0. The summed E-state index contributed by atoms with van der Waals surface area (Å²) in [6.07, 6.45) is 2.85. The first-order valence-corrected chi connectivity index (χ1v) is 8.43. The number of nitrogens with zero attached hydrogens (tertiary/aromatic N) is 1. The highest BCUT2D eigenvalue weighted by Gasteiger charge is 2.15. The van der Waals surface area contributed by atoms with Gasteiger partial charge < -0.3 is 10.4 Å². The van der Waals surface area contributed by atoms with Crippen molar-refractivity contribution >= 4 is 5.91 Å². The highest BCUT2D eigenvalue weighted by atomic mass is 16.3.